The quantitative estimate of drug-likeness (QED) is 0.272. The minimum atomic E-state index is -0.750. The van der Waals surface area contributed by atoms with Gasteiger partial charge in [0.15, 0.2) is 0 Å². The van der Waals surface area contributed by atoms with Crippen molar-refractivity contribution in [2.45, 2.75) is 25.9 Å². The number of hydrogen-bond donors (Lipinski definition) is 0. The van der Waals surface area contributed by atoms with Crippen LogP contribution in [-0.2, 0) is 32.1 Å². The number of ether oxygens (including phenoxy) is 2. The summed E-state index contributed by atoms with van der Waals surface area (Å²) in [6.07, 6.45) is 5.18. The first-order valence-corrected chi connectivity index (χ1v) is 15.1. The largest absolute Gasteiger partial charge is 0.481 e. The van der Waals surface area contributed by atoms with Crippen molar-refractivity contribution in [3.05, 3.63) is 95.7 Å². The van der Waals surface area contributed by atoms with Gasteiger partial charge in [0, 0.05) is 90.8 Å². The topological polar surface area (TPSA) is 95.5 Å². The molecular formula is C35H43N5O5. The highest BCUT2D eigenvalue weighted by Gasteiger charge is 2.31. The van der Waals surface area contributed by atoms with Gasteiger partial charge in [0.1, 0.15) is 6.04 Å². The van der Waals surface area contributed by atoms with Crippen LogP contribution in [0.25, 0.3) is 6.08 Å². The Balaban J connectivity index is 1.62. The van der Waals surface area contributed by atoms with Crippen molar-refractivity contribution in [3.8, 4) is 5.88 Å². The maximum absolute atomic E-state index is 14.0. The Bertz CT molecular complexity index is 1420. The van der Waals surface area contributed by atoms with Gasteiger partial charge in [-0.25, -0.2) is 4.98 Å². The molecule has 3 aromatic rings. The first-order valence-electron chi connectivity index (χ1n) is 15.1. The van der Waals surface area contributed by atoms with Crippen molar-refractivity contribution in [1.82, 2.24) is 19.7 Å². The van der Waals surface area contributed by atoms with E-state index in [1.807, 2.05) is 65.6 Å². The minimum Gasteiger partial charge on any atom is -0.481 e. The van der Waals surface area contributed by atoms with E-state index in [0.29, 0.717) is 38.5 Å². The molecule has 0 saturated carbocycles. The first kappa shape index (κ1) is 33.2. The molecule has 1 atom stereocenters. The molecule has 1 aromatic heterocycles. The third kappa shape index (κ3) is 9.39. The van der Waals surface area contributed by atoms with Crippen molar-refractivity contribution < 1.29 is 23.9 Å². The second-order valence-electron chi connectivity index (χ2n) is 11.1. The summed E-state index contributed by atoms with van der Waals surface area (Å²) in [4.78, 5) is 51.3. The van der Waals surface area contributed by atoms with Crippen molar-refractivity contribution in [1.29, 1.82) is 0 Å². The van der Waals surface area contributed by atoms with Crippen molar-refractivity contribution in [2.75, 3.05) is 65.5 Å². The summed E-state index contributed by atoms with van der Waals surface area (Å²) in [6, 6.07) is 20.6. The molecule has 0 aliphatic carbocycles. The Hall–Kier alpha value is -4.70. The molecule has 10 heteroatoms. The first-order chi connectivity index (χ1) is 21.8. The molecule has 2 aromatic carbocycles. The molecule has 45 heavy (non-hydrogen) atoms. The Kier molecular flexibility index (Phi) is 12.1. The third-order valence-electron chi connectivity index (χ3n) is 7.99. The fraction of sp³-hybridized carbons (Fsp3) is 0.371. The lowest BCUT2D eigenvalue weighted by atomic mass is 10.0. The van der Waals surface area contributed by atoms with Gasteiger partial charge in [-0.1, -0.05) is 42.5 Å². The summed E-state index contributed by atoms with van der Waals surface area (Å²) >= 11 is 0. The van der Waals surface area contributed by atoms with Gasteiger partial charge in [0.25, 0.3) is 0 Å². The van der Waals surface area contributed by atoms with E-state index in [2.05, 4.69) is 9.88 Å². The van der Waals surface area contributed by atoms with Crippen LogP contribution in [0.2, 0.25) is 0 Å². The van der Waals surface area contributed by atoms with Gasteiger partial charge in [-0.3, -0.25) is 14.4 Å². The van der Waals surface area contributed by atoms with E-state index >= 15 is 0 Å². The van der Waals surface area contributed by atoms with Crippen molar-refractivity contribution >= 4 is 29.5 Å². The number of carbonyl (C=O) groups is 3. The molecule has 1 aliphatic heterocycles. The summed E-state index contributed by atoms with van der Waals surface area (Å²) in [7, 11) is 4.89. The highest BCUT2D eigenvalue weighted by atomic mass is 16.5. The zero-order valence-electron chi connectivity index (χ0n) is 26.6. The average Bonchev–Trinajstić information content (AvgIpc) is 3.08. The van der Waals surface area contributed by atoms with Gasteiger partial charge in [0.05, 0.1) is 13.7 Å². The monoisotopic (exact) mass is 613 g/mol. The smallest absolute Gasteiger partial charge is 0.247 e. The zero-order chi connectivity index (χ0) is 32.2. The predicted octanol–water partition coefficient (Wildman–Crippen LogP) is 3.52. The molecule has 0 radical (unpaired) electrons. The summed E-state index contributed by atoms with van der Waals surface area (Å²) in [6.45, 7) is 5.54. The second-order valence-corrected chi connectivity index (χ2v) is 11.1. The van der Waals surface area contributed by atoms with Crippen LogP contribution in [0.3, 0.4) is 0 Å². The molecule has 10 nitrogen and oxygen atoms in total. The number of piperazine rings is 1. The van der Waals surface area contributed by atoms with Gasteiger partial charge in [-0.15, -0.1) is 0 Å². The highest BCUT2D eigenvalue weighted by molar-refractivity contribution is 5.95. The van der Waals surface area contributed by atoms with Gasteiger partial charge in [-0.2, -0.15) is 0 Å². The molecule has 0 unspecified atom stereocenters. The Morgan fingerprint density at radius 1 is 0.933 bits per heavy atom. The standard InChI is InChI=1S/C35H43N5O5/c1-27(41)38-18-20-39(21-19-38)31-14-10-30(11-15-31)26-40(34(42)17-13-29-12-16-33(45-4)36-25-29)32(24-28-8-6-5-7-9-28)35(43)37(2)22-23-44-3/h5-17,25,32H,18-24,26H2,1-4H3/b17-13+/t32-/m0/s1. The number of aromatic nitrogens is 1. The maximum atomic E-state index is 14.0. The van der Waals surface area contributed by atoms with Crippen LogP contribution in [0.1, 0.15) is 23.6 Å². The van der Waals surface area contributed by atoms with Crippen molar-refractivity contribution in [3.63, 3.8) is 0 Å². The molecule has 0 spiro atoms. The van der Waals surface area contributed by atoms with Crippen LogP contribution in [0.15, 0.2) is 79.0 Å². The average molecular weight is 614 g/mol. The van der Waals surface area contributed by atoms with Crippen LogP contribution in [0.5, 0.6) is 5.88 Å². The van der Waals surface area contributed by atoms with E-state index in [1.165, 1.54) is 6.08 Å². The molecule has 1 saturated heterocycles. The molecular weight excluding hydrogens is 570 g/mol. The number of likely N-dealkylation sites (N-methyl/N-ethyl adjacent to an activating group) is 1. The lowest BCUT2D eigenvalue weighted by Crippen LogP contribution is -2.51. The summed E-state index contributed by atoms with van der Waals surface area (Å²) in [5.41, 5.74) is 3.65. The number of nitrogens with zero attached hydrogens (tertiary/aromatic N) is 5. The van der Waals surface area contributed by atoms with Gasteiger partial charge in [-0.05, 0) is 41.0 Å². The minimum absolute atomic E-state index is 0.0968. The van der Waals surface area contributed by atoms with E-state index in [1.54, 1.807) is 56.3 Å². The summed E-state index contributed by atoms with van der Waals surface area (Å²) in [5.74, 6) is 0.129. The number of benzene rings is 2. The van der Waals surface area contributed by atoms with E-state index in [9.17, 15) is 14.4 Å². The number of rotatable bonds is 13. The molecule has 3 amide bonds. The number of anilines is 1. The number of amides is 3. The van der Waals surface area contributed by atoms with Crippen molar-refractivity contribution in [2.24, 2.45) is 0 Å². The third-order valence-corrected chi connectivity index (χ3v) is 7.99. The molecule has 0 bridgehead atoms. The lowest BCUT2D eigenvalue weighted by molar-refractivity contribution is -0.143. The van der Waals surface area contributed by atoms with Crippen LogP contribution < -0.4 is 9.64 Å². The summed E-state index contributed by atoms with van der Waals surface area (Å²) < 4.78 is 10.4. The maximum Gasteiger partial charge on any atom is 0.247 e. The fourth-order valence-corrected chi connectivity index (χ4v) is 5.27. The van der Waals surface area contributed by atoms with Gasteiger partial charge >= 0.3 is 0 Å². The molecule has 4 rings (SSSR count). The zero-order valence-corrected chi connectivity index (χ0v) is 26.6. The highest BCUT2D eigenvalue weighted by Crippen LogP contribution is 2.21. The normalized spacial score (nSPS) is 13.9. The SMILES string of the molecule is COCCN(C)C(=O)[C@H](Cc1ccccc1)N(Cc1ccc(N2CCN(C(C)=O)CC2)cc1)C(=O)/C=C/c1ccc(OC)nc1. The van der Waals surface area contributed by atoms with E-state index in [-0.39, 0.29) is 24.3 Å². The number of methoxy groups -OCH3 is 2. The molecule has 1 aliphatic rings. The van der Waals surface area contributed by atoms with Gasteiger partial charge in [0.2, 0.25) is 23.6 Å². The summed E-state index contributed by atoms with van der Waals surface area (Å²) in [5, 5.41) is 0. The number of pyridine rings is 1. The molecule has 1 fully saturated rings. The van der Waals surface area contributed by atoms with Crippen LogP contribution in [-0.4, -0.2) is 104 Å². The second kappa shape index (κ2) is 16.4. The van der Waals surface area contributed by atoms with Gasteiger partial charge < -0.3 is 29.1 Å². The molecule has 0 N–H and O–H groups in total. The van der Waals surface area contributed by atoms with Crippen LogP contribution in [0, 0.1) is 0 Å². The number of hydrogen-bond acceptors (Lipinski definition) is 7. The lowest BCUT2D eigenvalue weighted by Gasteiger charge is -2.36. The van der Waals surface area contributed by atoms with E-state index in [0.717, 1.165) is 35.5 Å². The number of carbonyl (C=O) groups excluding carboxylic acids is 3. The van der Waals surface area contributed by atoms with E-state index < -0.39 is 6.04 Å². The Morgan fingerprint density at radius 3 is 2.24 bits per heavy atom. The molecule has 2 heterocycles. The molecule has 238 valence electrons. The predicted molar refractivity (Wildman–Crippen MR) is 175 cm³/mol. The fourth-order valence-electron chi connectivity index (χ4n) is 5.27. The van der Waals surface area contributed by atoms with Crippen LogP contribution in [0.4, 0.5) is 5.69 Å². The van der Waals surface area contributed by atoms with Crippen LogP contribution >= 0.6 is 0 Å². The van der Waals surface area contributed by atoms with E-state index in [4.69, 9.17) is 9.47 Å². The Labute approximate surface area is 265 Å². The Morgan fingerprint density at radius 2 is 1.64 bits per heavy atom.